The highest BCUT2D eigenvalue weighted by atomic mass is 35.5. The van der Waals surface area contributed by atoms with Crippen molar-refractivity contribution in [2.24, 2.45) is 0 Å². The Bertz CT molecular complexity index is 1710. The van der Waals surface area contributed by atoms with Crippen LogP contribution in [0, 0.1) is 0 Å². The summed E-state index contributed by atoms with van der Waals surface area (Å²) in [5, 5.41) is 10.3. The number of benzene rings is 4. The Kier molecular flexibility index (Phi) is 7.91. The van der Waals surface area contributed by atoms with Gasteiger partial charge in [-0.05, 0) is 70.8 Å². The fourth-order valence-corrected chi connectivity index (χ4v) is 4.84. The van der Waals surface area contributed by atoms with Crippen LogP contribution in [0.2, 0.25) is 10.0 Å². The standard InChI is InChI=1S/C32H25Cl2N3O3/c1-40-30-14-11-24(16-28(30)35)22-7-2-20(3-8-22)6-15-31-36-29(26-13-12-25(33)17-27(26)34)19-37(31)18-21-4-9-23(10-5-21)32(38)39/h2-17,19H,18,35H2,1H3,(H,38,39). The number of hydrogen-bond acceptors (Lipinski definition) is 4. The lowest BCUT2D eigenvalue weighted by molar-refractivity contribution is 0.0697. The third-order valence-electron chi connectivity index (χ3n) is 6.47. The van der Waals surface area contributed by atoms with Crippen molar-refractivity contribution in [3.05, 3.63) is 124 Å². The van der Waals surface area contributed by atoms with E-state index < -0.39 is 5.97 Å². The van der Waals surface area contributed by atoms with Crippen LogP contribution >= 0.6 is 23.2 Å². The van der Waals surface area contributed by atoms with E-state index in [4.69, 9.17) is 38.7 Å². The number of nitrogen functional groups attached to an aromatic ring is 1. The lowest BCUT2D eigenvalue weighted by Crippen LogP contribution is -2.02. The van der Waals surface area contributed by atoms with Gasteiger partial charge in [0.05, 0.1) is 29.1 Å². The molecule has 0 aliphatic carbocycles. The molecule has 6 nitrogen and oxygen atoms in total. The second kappa shape index (κ2) is 11.7. The number of aromatic carboxylic acids is 1. The maximum atomic E-state index is 11.2. The Morgan fingerprint density at radius 3 is 2.33 bits per heavy atom. The van der Waals surface area contributed by atoms with Crippen molar-refractivity contribution < 1.29 is 14.6 Å². The average Bonchev–Trinajstić information content (AvgIpc) is 3.34. The zero-order valence-electron chi connectivity index (χ0n) is 21.5. The first-order chi connectivity index (χ1) is 19.3. The van der Waals surface area contributed by atoms with Crippen LogP contribution in [0.4, 0.5) is 5.69 Å². The summed E-state index contributed by atoms with van der Waals surface area (Å²) in [6.45, 7) is 0.496. The van der Waals surface area contributed by atoms with Crippen molar-refractivity contribution in [2.45, 2.75) is 6.54 Å². The molecule has 1 heterocycles. The topological polar surface area (TPSA) is 90.4 Å². The summed E-state index contributed by atoms with van der Waals surface area (Å²) in [5.41, 5.74) is 12.4. The molecule has 0 unspecified atom stereocenters. The van der Waals surface area contributed by atoms with Gasteiger partial charge in [-0.15, -0.1) is 0 Å². The Balaban J connectivity index is 1.44. The minimum atomic E-state index is -0.959. The van der Waals surface area contributed by atoms with Crippen molar-refractivity contribution in [3.8, 4) is 28.1 Å². The van der Waals surface area contributed by atoms with Crippen LogP contribution in [0.5, 0.6) is 5.75 Å². The van der Waals surface area contributed by atoms with Crippen molar-refractivity contribution in [1.82, 2.24) is 9.55 Å². The Hall–Kier alpha value is -4.52. The highest BCUT2D eigenvalue weighted by Gasteiger charge is 2.12. The van der Waals surface area contributed by atoms with E-state index in [0.717, 1.165) is 33.6 Å². The molecule has 5 rings (SSSR count). The molecular formula is C32H25Cl2N3O3. The van der Waals surface area contributed by atoms with E-state index >= 15 is 0 Å². The molecule has 0 bridgehead atoms. The van der Waals surface area contributed by atoms with Crippen LogP contribution in [-0.4, -0.2) is 27.7 Å². The number of methoxy groups -OCH3 is 1. The normalized spacial score (nSPS) is 11.2. The van der Waals surface area contributed by atoms with Crippen LogP contribution in [-0.2, 0) is 6.54 Å². The van der Waals surface area contributed by atoms with Crippen LogP contribution < -0.4 is 10.5 Å². The molecule has 0 atom stereocenters. The van der Waals surface area contributed by atoms with Gasteiger partial charge in [0.2, 0.25) is 0 Å². The highest BCUT2D eigenvalue weighted by Crippen LogP contribution is 2.31. The van der Waals surface area contributed by atoms with Crippen molar-refractivity contribution in [1.29, 1.82) is 0 Å². The van der Waals surface area contributed by atoms with E-state index in [0.29, 0.717) is 33.7 Å². The van der Waals surface area contributed by atoms with Gasteiger partial charge in [-0.1, -0.05) is 71.7 Å². The minimum Gasteiger partial charge on any atom is -0.495 e. The molecule has 0 aliphatic rings. The third-order valence-corrected chi connectivity index (χ3v) is 7.01. The van der Waals surface area contributed by atoms with Crippen molar-refractivity contribution >= 4 is 47.0 Å². The van der Waals surface area contributed by atoms with E-state index in [1.807, 2.05) is 71.4 Å². The van der Waals surface area contributed by atoms with Gasteiger partial charge in [0, 0.05) is 23.3 Å². The number of ether oxygens (including phenoxy) is 1. The molecule has 0 saturated carbocycles. The Morgan fingerprint density at radius 2 is 1.68 bits per heavy atom. The summed E-state index contributed by atoms with van der Waals surface area (Å²) in [5.74, 6) is 0.408. The predicted molar refractivity (Wildman–Crippen MR) is 162 cm³/mol. The average molecular weight is 570 g/mol. The summed E-state index contributed by atoms with van der Waals surface area (Å²) >= 11 is 12.6. The first-order valence-electron chi connectivity index (χ1n) is 12.4. The summed E-state index contributed by atoms with van der Waals surface area (Å²) < 4.78 is 7.25. The smallest absolute Gasteiger partial charge is 0.335 e. The lowest BCUT2D eigenvalue weighted by atomic mass is 10.0. The predicted octanol–water partition coefficient (Wildman–Crippen LogP) is 8.03. The number of aromatic nitrogens is 2. The molecule has 4 aromatic carbocycles. The van der Waals surface area contributed by atoms with Crippen LogP contribution in [0.15, 0.2) is 91.1 Å². The monoisotopic (exact) mass is 569 g/mol. The van der Waals surface area contributed by atoms with Gasteiger partial charge in [-0.2, -0.15) is 0 Å². The largest absolute Gasteiger partial charge is 0.495 e. The van der Waals surface area contributed by atoms with Gasteiger partial charge in [0.25, 0.3) is 0 Å². The first kappa shape index (κ1) is 27.1. The molecule has 0 fully saturated rings. The molecule has 0 aliphatic heterocycles. The second-order valence-corrected chi connectivity index (χ2v) is 9.99. The van der Waals surface area contributed by atoms with E-state index in [9.17, 15) is 9.90 Å². The number of carboxylic acids is 1. The van der Waals surface area contributed by atoms with E-state index in [1.54, 1.807) is 43.5 Å². The van der Waals surface area contributed by atoms with E-state index in [1.165, 1.54) is 0 Å². The Morgan fingerprint density at radius 1 is 0.950 bits per heavy atom. The third kappa shape index (κ3) is 6.04. The highest BCUT2D eigenvalue weighted by molar-refractivity contribution is 6.36. The fraction of sp³-hybridized carbons (Fsp3) is 0.0625. The molecule has 0 spiro atoms. The molecule has 1 aromatic heterocycles. The minimum absolute atomic E-state index is 0.240. The molecule has 0 amide bonds. The number of hydrogen-bond donors (Lipinski definition) is 2. The SMILES string of the molecule is COc1ccc(-c2ccc(C=Cc3nc(-c4ccc(Cl)cc4Cl)cn3Cc3ccc(C(=O)O)cc3)cc2)cc1N. The summed E-state index contributed by atoms with van der Waals surface area (Å²) in [6, 6.07) is 26.0. The zero-order chi connectivity index (χ0) is 28.2. The number of anilines is 1. The number of rotatable bonds is 8. The van der Waals surface area contributed by atoms with Gasteiger partial charge in [-0.3, -0.25) is 0 Å². The number of halogens is 2. The van der Waals surface area contributed by atoms with Crippen LogP contribution in [0.25, 0.3) is 34.5 Å². The van der Waals surface area contributed by atoms with Gasteiger partial charge in [-0.25, -0.2) is 9.78 Å². The maximum absolute atomic E-state index is 11.2. The first-order valence-corrected chi connectivity index (χ1v) is 13.1. The van der Waals surface area contributed by atoms with Gasteiger partial charge >= 0.3 is 5.97 Å². The molecule has 40 heavy (non-hydrogen) atoms. The van der Waals surface area contributed by atoms with E-state index in [2.05, 4.69) is 0 Å². The summed E-state index contributed by atoms with van der Waals surface area (Å²) in [6.07, 6.45) is 5.86. The van der Waals surface area contributed by atoms with Crippen LogP contribution in [0.3, 0.4) is 0 Å². The molecule has 200 valence electrons. The number of carboxylic acid groups (broad SMARTS) is 1. The molecule has 3 N–H and O–H groups in total. The molecular weight excluding hydrogens is 545 g/mol. The summed E-state index contributed by atoms with van der Waals surface area (Å²) in [4.78, 5) is 16.1. The Labute approximate surface area is 241 Å². The zero-order valence-corrected chi connectivity index (χ0v) is 23.0. The number of carbonyl (C=O) groups is 1. The quantitative estimate of drug-likeness (QED) is 0.184. The number of nitrogens with two attached hydrogens (primary N) is 1. The summed E-state index contributed by atoms with van der Waals surface area (Å²) in [7, 11) is 1.60. The van der Waals surface area contributed by atoms with Gasteiger partial charge in [0.15, 0.2) is 0 Å². The van der Waals surface area contributed by atoms with Gasteiger partial charge in [0.1, 0.15) is 11.6 Å². The molecule has 0 radical (unpaired) electrons. The lowest BCUT2D eigenvalue weighted by Gasteiger charge is -2.08. The van der Waals surface area contributed by atoms with Crippen molar-refractivity contribution in [2.75, 3.05) is 12.8 Å². The second-order valence-electron chi connectivity index (χ2n) is 9.15. The number of imidazole rings is 1. The molecule has 0 saturated heterocycles. The molecule has 8 heteroatoms. The van der Waals surface area contributed by atoms with Gasteiger partial charge < -0.3 is 20.1 Å². The fourth-order valence-electron chi connectivity index (χ4n) is 4.34. The maximum Gasteiger partial charge on any atom is 0.335 e. The number of nitrogens with zero attached hydrogens (tertiary/aromatic N) is 2. The van der Waals surface area contributed by atoms with E-state index in [-0.39, 0.29) is 5.56 Å². The van der Waals surface area contributed by atoms with Crippen LogP contribution in [0.1, 0.15) is 27.3 Å². The molecule has 5 aromatic rings. The van der Waals surface area contributed by atoms with Crippen molar-refractivity contribution in [3.63, 3.8) is 0 Å².